The molecule has 1 saturated heterocycles. The first kappa shape index (κ1) is 16.0. The predicted octanol–water partition coefficient (Wildman–Crippen LogP) is 2.37. The zero-order valence-corrected chi connectivity index (χ0v) is 13.4. The Morgan fingerprint density at radius 3 is 2.52 bits per heavy atom. The van der Waals surface area contributed by atoms with Crippen molar-refractivity contribution in [2.75, 3.05) is 13.1 Å². The van der Waals surface area contributed by atoms with Gasteiger partial charge in [0.05, 0.1) is 10.5 Å². The number of hydrogen-bond donors (Lipinski definition) is 1. The second-order valence-electron chi connectivity index (χ2n) is 6.23. The smallest absolute Gasteiger partial charge is 0.335 e. The van der Waals surface area contributed by atoms with Crippen LogP contribution in [0.3, 0.4) is 0 Å². The van der Waals surface area contributed by atoms with Crippen LogP contribution in [0.5, 0.6) is 0 Å². The molecule has 6 heteroatoms. The summed E-state index contributed by atoms with van der Waals surface area (Å²) in [5.74, 6) is -1.11. The molecule has 1 aliphatic rings. The molecule has 0 aromatic heterocycles. The number of aryl methyl sites for hydroxylation is 1. The van der Waals surface area contributed by atoms with E-state index in [0.717, 1.165) is 6.42 Å². The summed E-state index contributed by atoms with van der Waals surface area (Å²) >= 11 is 0. The normalized spacial score (nSPS) is 18.8. The minimum absolute atomic E-state index is 0.00392. The minimum Gasteiger partial charge on any atom is -0.478 e. The van der Waals surface area contributed by atoms with Gasteiger partial charge in [-0.15, -0.1) is 0 Å². The highest BCUT2D eigenvalue weighted by atomic mass is 32.2. The van der Waals surface area contributed by atoms with Crippen LogP contribution in [0.2, 0.25) is 0 Å². The fourth-order valence-electron chi connectivity index (χ4n) is 2.63. The number of carbonyl (C=O) groups is 1. The van der Waals surface area contributed by atoms with Gasteiger partial charge in [0.25, 0.3) is 0 Å². The standard InChI is InChI=1S/C15H21NO4S/c1-4-11-5-6-12(14(17)18)9-13(11)21(19,20)16-8-7-15(2,3)10-16/h5-6,9H,4,7-8,10H2,1-3H3,(H,17,18). The van der Waals surface area contributed by atoms with E-state index in [1.54, 1.807) is 6.07 Å². The molecule has 0 saturated carbocycles. The lowest BCUT2D eigenvalue weighted by Crippen LogP contribution is -2.31. The second-order valence-corrected chi connectivity index (χ2v) is 8.14. The van der Waals surface area contributed by atoms with Gasteiger partial charge < -0.3 is 5.11 Å². The molecule has 21 heavy (non-hydrogen) atoms. The molecule has 0 amide bonds. The Kier molecular flexibility index (Phi) is 4.13. The molecule has 0 spiro atoms. The monoisotopic (exact) mass is 311 g/mol. The van der Waals surface area contributed by atoms with E-state index >= 15 is 0 Å². The molecular formula is C15H21NO4S. The average Bonchev–Trinajstić information content (AvgIpc) is 2.79. The average molecular weight is 311 g/mol. The number of nitrogens with zero attached hydrogens (tertiary/aromatic N) is 1. The highest BCUT2D eigenvalue weighted by Gasteiger charge is 2.37. The first-order valence-corrected chi connectivity index (χ1v) is 8.48. The lowest BCUT2D eigenvalue weighted by molar-refractivity contribution is 0.0696. The molecule has 1 aromatic carbocycles. The van der Waals surface area contributed by atoms with Crippen LogP contribution in [0.25, 0.3) is 0 Å². The van der Waals surface area contributed by atoms with Crippen molar-refractivity contribution in [1.82, 2.24) is 4.31 Å². The molecule has 1 aromatic rings. The summed E-state index contributed by atoms with van der Waals surface area (Å²) in [6, 6.07) is 4.33. The molecule has 0 bridgehead atoms. The van der Waals surface area contributed by atoms with Crippen molar-refractivity contribution >= 4 is 16.0 Å². The lowest BCUT2D eigenvalue weighted by Gasteiger charge is -2.21. The molecule has 116 valence electrons. The molecule has 5 nitrogen and oxygen atoms in total. The zero-order chi connectivity index (χ0) is 15.8. The largest absolute Gasteiger partial charge is 0.478 e. The third-order valence-electron chi connectivity index (χ3n) is 3.96. The topological polar surface area (TPSA) is 74.7 Å². The summed E-state index contributed by atoms with van der Waals surface area (Å²) in [5, 5.41) is 9.08. The van der Waals surface area contributed by atoms with E-state index in [4.69, 9.17) is 5.11 Å². The van der Waals surface area contributed by atoms with E-state index in [1.165, 1.54) is 16.4 Å². The Balaban J connectivity index is 2.48. The van der Waals surface area contributed by atoms with Crippen molar-refractivity contribution in [3.05, 3.63) is 29.3 Å². The van der Waals surface area contributed by atoms with Crippen LogP contribution in [0.1, 0.15) is 43.1 Å². The van der Waals surface area contributed by atoms with E-state index in [1.807, 2.05) is 20.8 Å². The minimum atomic E-state index is -3.64. The molecular weight excluding hydrogens is 290 g/mol. The molecule has 0 aliphatic carbocycles. The third kappa shape index (κ3) is 3.11. The molecule has 0 atom stereocenters. The Hall–Kier alpha value is -1.40. The summed E-state index contributed by atoms with van der Waals surface area (Å²) in [4.78, 5) is 11.2. The second kappa shape index (κ2) is 5.42. The van der Waals surface area contributed by atoms with Crippen molar-refractivity contribution < 1.29 is 18.3 Å². The Labute approximate surface area is 125 Å². The fourth-order valence-corrected chi connectivity index (χ4v) is 4.58. The van der Waals surface area contributed by atoms with Gasteiger partial charge in [0.15, 0.2) is 0 Å². The Bertz CT molecular complexity index is 664. The summed E-state index contributed by atoms with van der Waals surface area (Å²) < 4.78 is 27.1. The van der Waals surface area contributed by atoms with E-state index in [0.29, 0.717) is 25.1 Å². The Morgan fingerprint density at radius 1 is 1.38 bits per heavy atom. The molecule has 1 heterocycles. The molecule has 1 aliphatic heterocycles. The maximum absolute atomic E-state index is 12.8. The predicted molar refractivity (Wildman–Crippen MR) is 79.9 cm³/mol. The number of carboxylic acids is 1. The Morgan fingerprint density at radius 2 is 2.05 bits per heavy atom. The van der Waals surface area contributed by atoms with Crippen LogP contribution in [-0.4, -0.2) is 36.9 Å². The van der Waals surface area contributed by atoms with Gasteiger partial charge in [0, 0.05) is 13.1 Å². The van der Waals surface area contributed by atoms with Crippen molar-refractivity contribution in [1.29, 1.82) is 0 Å². The van der Waals surface area contributed by atoms with Gasteiger partial charge in [0.1, 0.15) is 0 Å². The molecule has 0 unspecified atom stereocenters. The van der Waals surface area contributed by atoms with E-state index in [2.05, 4.69) is 0 Å². The van der Waals surface area contributed by atoms with E-state index < -0.39 is 16.0 Å². The van der Waals surface area contributed by atoms with Crippen LogP contribution in [0.15, 0.2) is 23.1 Å². The summed E-state index contributed by atoms with van der Waals surface area (Å²) in [6.07, 6.45) is 1.36. The number of benzene rings is 1. The van der Waals surface area contributed by atoms with Crippen LogP contribution in [-0.2, 0) is 16.4 Å². The highest BCUT2D eigenvalue weighted by molar-refractivity contribution is 7.89. The highest BCUT2D eigenvalue weighted by Crippen LogP contribution is 2.33. The first-order valence-electron chi connectivity index (χ1n) is 7.04. The number of rotatable bonds is 4. The van der Waals surface area contributed by atoms with Crippen molar-refractivity contribution in [2.45, 2.75) is 38.5 Å². The molecule has 0 radical (unpaired) electrons. The van der Waals surface area contributed by atoms with Crippen LogP contribution in [0, 0.1) is 5.41 Å². The van der Waals surface area contributed by atoms with Gasteiger partial charge in [-0.2, -0.15) is 4.31 Å². The van der Waals surface area contributed by atoms with Crippen molar-refractivity contribution in [3.63, 3.8) is 0 Å². The van der Waals surface area contributed by atoms with Crippen molar-refractivity contribution in [3.8, 4) is 0 Å². The SMILES string of the molecule is CCc1ccc(C(=O)O)cc1S(=O)(=O)N1CCC(C)(C)C1. The first-order chi connectivity index (χ1) is 9.67. The van der Waals surface area contributed by atoms with E-state index in [9.17, 15) is 13.2 Å². The van der Waals surface area contributed by atoms with Gasteiger partial charge in [-0.3, -0.25) is 0 Å². The van der Waals surface area contributed by atoms with Crippen LogP contribution in [0.4, 0.5) is 0 Å². The number of aromatic carboxylic acids is 1. The summed E-state index contributed by atoms with van der Waals surface area (Å²) in [5.41, 5.74) is 0.623. The van der Waals surface area contributed by atoms with Gasteiger partial charge in [0.2, 0.25) is 10.0 Å². The van der Waals surface area contributed by atoms with Crippen LogP contribution < -0.4 is 0 Å². The zero-order valence-electron chi connectivity index (χ0n) is 12.6. The maximum Gasteiger partial charge on any atom is 0.335 e. The van der Waals surface area contributed by atoms with Crippen LogP contribution >= 0.6 is 0 Å². The van der Waals surface area contributed by atoms with Gasteiger partial charge in [-0.05, 0) is 36.0 Å². The lowest BCUT2D eigenvalue weighted by atomic mass is 9.93. The van der Waals surface area contributed by atoms with Crippen molar-refractivity contribution in [2.24, 2.45) is 5.41 Å². The van der Waals surface area contributed by atoms with Gasteiger partial charge in [-0.25, -0.2) is 13.2 Å². The number of sulfonamides is 1. The molecule has 1 N–H and O–H groups in total. The molecule has 2 rings (SSSR count). The number of hydrogen-bond acceptors (Lipinski definition) is 3. The third-order valence-corrected chi connectivity index (χ3v) is 5.88. The summed E-state index contributed by atoms with van der Waals surface area (Å²) in [6.45, 7) is 6.89. The quantitative estimate of drug-likeness (QED) is 0.926. The van der Waals surface area contributed by atoms with E-state index in [-0.39, 0.29) is 15.9 Å². The fraction of sp³-hybridized carbons (Fsp3) is 0.533. The van der Waals surface area contributed by atoms with Gasteiger partial charge in [-0.1, -0.05) is 26.8 Å². The summed E-state index contributed by atoms with van der Waals surface area (Å²) in [7, 11) is -3.64. The maximum atomic E-state index is 12.8. The number of carboxylic acid groups (broad SMARTS) is 1. The molecule has 1 fully saturated rings. The van der Waals surface area contributed by atoms with Gasteiger partial charge >= 0.3 is 5.97 Å².